The van der Waals surface area contributed by atoms with Crippen molar-refractivity contribution < 1.29 is 22.3 Å². The van der Waals surface area contributed by atoms with Crippen LogP contribution in [0.3, 0.4) is 0 Å². The van der Waals surface area contributed by atoms with Gasteiger partial charge in [0.05, 0.1) is 11.7 Å². The largest absolute Gasteiger partial charge is 0.573 e. The van der Waals surface area contributed by atoms with Crippen molar-refractivity contribution in [2.45, 2.75) is 6.36 Å². The summed E-state index contributed by atoms with van der Waals surface area (Å²) in [6.45, 7) is 0. The number of anilines is 1. The van der Waals surface area contributed by atoms with Crippen LogP contribution in [0.1, 0.15) is 0 Å². The van der Waals surface area contributed by atoms with E-state index in [4.69, 9.17) is 5.73 Å². The first-order chi connectivity index (χ1) is 14.7. The number of halogens is 4. The smallest absolute Gasteiger partial charge is 0.403 e. The van der Waals surface area contributed by atoms with Crippen LogP contribution in [-0.2, 0) is 0 Å². The second-order valence-corrected chi connectivity index (χ2v) is 6.74. The van der Waals surface area contributed by atoms with E-state index in [2.05, 4.69) is 24.9 Å². The Bertz CT molecular complexity index is 1560. The highest BCUT2D eigenvalue weighted by atomic mass is 19.4. The molecule has 0 aliphatic rings. The first-order valence-corrected chi connectivity index (χ1v) is 8.85. The van der Waals surface area contributed by atoms with Gasteiger partial charge in [-0.05, 0) is 29.8 Å². The number of H-pyrrole nitrogens is 2. The molecule has 0 fully saturated rings. The maximum Gasteiger partial charge on any atom is 0.573 e. The van der Waals surface area contributed by atoms with E-state index >= 15 is 0 Å². The van der Waals surface area contributed by atoms with Crippen molar-refractivity contribution in [3.05, 3.63) is 58.9 Å². The summed E-state index contributed by atoms with van der Waals surface area (Å²) in [5, 5.41) is 7.04. The molecular formula is C20H11F4N5O2. The number of ether oxygens (including phenoxy) is 1. The number of hydrogen-bond acceptors (Lipinski definition) is 5. The lowest BCUT2D eigenvalue weighted by Gasteiger charge is -2.16. The van der Waals surface area contributed by atoms with Gasteiger partial charge in [-0.25, -0.2) is 4.39 Å². The second-order valence-electron chi connectivity index (χ2n) is 6.74. The first-order valence-electron chi connectivity index (χ1n) is 8.85. The summed E-state index contributed by atoms with van der Waals surface area (Å²) in [6.07, 6.45) is -2.32. The second kappa shape index (κ2) is 6.42. The minimum Gasteiger partial charge on any atom is -0.403 e. The third-order valence-electron chi connectivity index (χ3n) is 4.94. The van der Waals surface area contributed by atoms with Crippen molar-refractivity contribution in [2.75, 3.05) is 5.73 Å². The Hall–Kier alpha value is -4.15. The number of nitrogens with one attached hydrogen (secondary N) is 2. The molecule has 11 heteroatoms. The van der Waals surface area contributed by atoms with Crippen molar-refractivity contribution >= 4 is 38.4 Å². The molecule has 0 aliphatic carbocycles. The van der Waals surface area contributed by atoms with Gasteiger partial charge in [-0.15, -0.1) is 13.2 Å². The van der Waals surface area contributed by atoms with E-state index in [1.54, 1.807) is 0 Å². The Kier molecular flexibility index (Phi) is 3.91. The molecule has 5 rings (SSSR count). The molecule has 0 atom stereocenters. The number of pyridine rings is 2. The van der Waals surface area contributed by atoms with Crippen LogP contribution < -0.4 is 16.0 Å². The molecule has 2 aromatic carbocycles. The molecule has 7 nitrogen and oxygen atoms in total. The minimum absolute atomic E-state index is 0.0690. The van der Waals surface area contributed by atoms with Crippen LogP contribution in [0.4, 0.5) is 23.2 Å². The predicted molar refractivity (Wildman–Crippen MR) is 106 cm³/mol. The summed E-state index contributed by atoms with van der Waals surface area (Å²) in [6, 6.07) is 6.66. The summed E-state index contributed by atoms with van der Waals surface area (Å²) < 4.78 is 57.5. The van der Waals surface area contributed by atoms with Gasteiger partial charge in [0.2, 0.25) is 0 Å². The standard InChI is InChI=1S/C20H11F4N5O2/c21-12-4-3-8(11-7-27-29-17(11)12)14-10-6-13(31-20(22,23)24)18-9(2-1-5-26-18)16(10)28-19(30)15(14)25/h1-7H,25H2,(H,27,29)(H,28,30). The van der Waals surface area contributed by atoms with Crippen LogP contribution in [0.25, 0.3) is 43.8 Å². The summed E-state index contributed by atoms with van der Waals surface area (Å²) in [5.74, 6) is -1.14. The van der Waals surface area contributed by atoms with Crippen LogP contribution in [0.2, 0.25) is 0 Å². The number of fused-ring (bicyclic) bond motifs is 4. The number of nitrogens with two attached hydrogens (primary N) is 1. The van der Waals surface area contributed by atoms with Crippen molar-refractivity contribution in [1.82, 2.24) is 20.2 Å². The average molecular weight is 429 g/mol. The van der Waals surface area contributed by atoms with E-state index in [1.165, 1.54) is 30.6 Å². The van der Waals surface area contributed by atoms with E-state index in [1.807, 2.05) is 0 Å². The molecule has 3 aromatic heterocycles. The molecule has 0 amide bonds. The highest BCUT2D eigenvalue weighted by molar-refractivity contribution is 6.15. The van der Waals surface area contributed by atoms with Gasteiger partial charge in [-0.2, -0.15) is 5.10 Å². The van der Waals surface area contributed by atoms with Gasteiger partial charge in [-0.3, -0.25) is 14.9 Å². The molecular weight excluding hydrogens is 418 g/mol. The summed E-state index contributed by atoms with van der Waals surface area (Å²) >= 11 is 0. The van der Waals surface area contributed by atoms with Gasteiger partial charge >= 0.3 is 6.36 Å². The molecule has 3 heterocycles. The van der Waals surface area contributed by atoms with E-state index in [9.17, 15) is 22.4 Å². The molecule has 156 valence electrons. The molecule has 31 heavy (non-hydrogen) atoms. The zero-order valence-corrected chi connectivity index (χ0v) is 15.3. The fourth-order valence-corrected chi connectivity index (χ4v) is 3.70. The Morgan fingerprint density at radius 3 is 2.65 bits per heavy atom. The minimum atomic E-state index is -4.97. The summed E-state index contributed by atoms with van der Waals surface area (Å²) in [5.41, 5.74) is 5.79. The summed E-state index contributed by atoms with van der Waals surface area (Å²) in [4.78, 5) is 19.2. The first kappa shape index (κ1) is 18.9. The number of alkyl halides is 3. The lowest BCUT2D eigenvalue weighted by atomic mass is 9.95. The lowest BCUT2D eigenvalue weighted by molar-refractivity contribution is -0.274. The van der Waals surface area contributed by atoms with E-state index in [-0.39, 0.29) is 38.6 Å². The Labute approximate surface area is 169 Å². The van der Waals surface area contributed by atoms with Crippen molar-refractivity contribution in [3.63, 3.8) is 0 Å². The molecule has 0 unspecified atom stereocenters. The Morgan fingerprint density at radius 2 is 1.87 bits per heavy atom. The van der Waals surface area contributed by atoms with E-state index in [0.717, 1.165) is 12.1 Å². The van der Waals surface area contributed by atoms with Gasteiger partial charge in [-0.1, -0.05) is 6.07 Å². The fraction of sp³-hybridized carbons (Fsp3) is 0.0500. The molecule has 0 bridgehead atoms. The third-order valence-corrected chi connectivity index (χ3v) is 4.94. The van der Waals surface area contributed by atoms with E-state index in [0.29, 0.717) is 10.9 Å². The van der Waals surface area contributed by atoms with Crippen LogP contribution >= 0.6 is 0 Å². The molecule has 0 radical (unpaired) electrons. The molecule has 4 N–H and O–H groups in total. The third kappa shape index (κ3) is 2.93. The average Bonchev–Trinajstić information content (AvgIpc) is 3.21. The number of rotatable bonds is 2. The molecule has 5 aromatic rings. The zero-order valence-electron chi connectivity index (χ0n) is 15.3. The predicted octanol–water partition coefficient (Wildman–Crippen LogP) is 4.24. The van der Waals surface area contributed by atoms with Gasteiger partial charge in [0.15, 0.2) is 5.75 Å². The van der Waals surface area contributed by atoms with E-state index < -0.39 is 23.5 Å². The topological polar surface area (TPSA) is 110 Å². The summed E-state index contributed by atoms with van der Waals surface area (Å²) in [7, 11) is 0. The van der Waals surface area contributed by atoms with Crippen molar-refractivity contribution in [1.29, 1.82) is 0 Å². The quantitative estimate of drug-likeness (QED) is 0.287. The number of nitrogen functional groups attached to an aromatic ring is 1. The van der Waals surface area contributed by atoms with Crippen molar-refractivity contribution in [2.24, 2.45) is 0 Å². The highest BCUT2D eigenvalue weighted by Gasteiger charge is 2.33. The monoisotopic (exact) mass is 429 g/mol. The Morgan fingerprint density at radius 1 is 1.06 bits per heavy atom. The van der Waals surface area contributed by atoms with Gasteiger partial charge in [0, 0.05) is 27.9 Å². The number of nitrogens with zero attached hydrogens (tertiary/aromatic N) is 2. The Balaban J connectivity index is 1.97. The molecule has 0 saturated carbocycles. The highest BCUT2D eigenvalue weighted by Crippen LogP contribution is 2.41. The fourth-order valence-electron chi connectivity index (χ4n) is 3.70. The van der Waals surface area contributed by atoms with Crippen molar-refractivity contribution in [3.8, 4) is 16.9 Å². The zero-order chi connectivity index (χ0) is 21.9. The lowest BCUT2D eigenvalue weighted by Crippen LogP contribution is -2.18. The van der Waals surface area contributed by atoms with Gasteiger partial charge in [0.1, 0.15) is 22.5 Å². The maximum absolute atomic E-state index is 14.1. The molecule has 0 aliphatic heterocycles. The SMILES string of the molecule is Nc1c(-c2ccc(F)c3[nH]ncc23)c2cc(OC(F)(F)F)c3ncccc3c2[nH]c1=O. The maximum atomic E-state index is 14.1. The number of benzene rings is 2. The van der Waals surface area contributed by atoms with Crippen LogP contribution in [-0.4, -0.2) is 26.5 Å². The number of hydrogen-bond donors (Lipinski definition) is 3. The number of aromatic nitrogens is 4. The van der Waals surface area contributed by atoms with Gasteiger partial charge in [0.25, 0.3) is 5.56 Å². The van der Waals surface area contributed by atoms with Gasteiger partial charge < -0.3 is 15.5 Å². The van der Waals surface area contributed by atoms with Crippen LogP contribution in [0.15, 0.2) is 47.5 Å². The van der Waals surface area contributed by atoms with Crippen LogP contribution in [0, 0.1) is 5.82 Å². The number of aromatic amines is 2. The molecule has 0 saturated heterocycles. The molecule has 0 spiro atoms. The normalized spacial score (nSPS) is 12.1. The van der Waals surface area contributed by atoms with Crippen LogP contribution in [0.5, 0.6) is 5.75 Å².